The normalized spacial score (nSPS) is 10.8. The quantitative estimate of drug-likeness (QED) is 0.361. The molecule has 0 bridgehead atoms. The lowest BCUT2D eigenvalue weighted by Crippen LogP contribution is -0.978. The van der Waals surface area contributed by atoms with E-state index in [0.29, 0.717) is 0 Å². The van der Waals surface area contributed by atoms with Crippen molar-refractivity contribution in [1.29, 1.82) is 0 Å². The zero-order valence-electron chi connectivity index (χ0n) is 2.01. The fourth-order valence-corrected chi connectivity index (χ4v) is 0. The summed E-state index contributed by atoms with van der Waals surface area (Å²) in [4.78, 5) is 0. The van der Waals surface area contributed by atoms with E-state index < -0.39 is 5.52 Å². The molecule has 1 unspecified atom stereocenters. The van der Waals surface area contributed by atoms with Crippen molar-refractivity contribution >= 4 is 35.9 Å². The van der Waals surface area contributed by atoms with Crippen LogP contribution < -0.4 is 0 Å². The molecule has 0 aliphatic rings. The van der Waals surface area contributed by atoms with Gasteiger partial charge in [0.1, 0.15) is 0 Å². The molecule has 0 heterocycles. The molecule has 0 aliphatic heterocycles. The van der Waals surface area contributed by atoms with Crippen LogP contribution in [-0.4, -0.2) is 6.30 Å². The third-order valence-corrected chi connectivity index (χ3v) is 0. The molecule has 0 rings (SSSR count). The highest BCUT2D eigenvalue weighted by Crippen LogP contribution is 2.04. The summed E-state index contributed by atoms with van der Waals surface area (Å²) in [5.41, 5.74) is -0.593. The molecule has 24 valence electrons. The van der Waals surface area contributed by atoms with E-state index in [9.17, 15) is 0 Å². The van der Waals surface area contributed by atoms with Gasteiger partial charge in [-0.05, 0) is 5.52 Å². The molecule has 0 saturated carbocycles. The molecule has 0 radical (unpaired) electrons. The van der Waals surface area contributed by atoms with Gasteiger partial charge in [-0.1, -0.05) is 18.1 Å². The van der Waals surface area contributed by atoms with Crippen molar-refractivity contribution in [3.63, 3.8) is 0 Å². The smallest absolute Gasteiger partial charge is 0.00830 e. The van der Waals surface area contributed by atoms with Crippen molar-refractivity contribution in [3.05, 3.63) is 0 Å². The van der Waals surface area contributed by atoms with E-state index in [0.717, 1.165) is 0 Å². The van der Waals surface area contributed by atoms with Crippen LogP contribution in [0.3, 0.4) is 0 Å². The van der Waals surface area contributed by atoms with E-state index in [-0.39, 0.29) is 0 Å². The van der Waals surface area contributed by atoms with Crippen LogP contribution in [0.5, 0.6) is 0 Å². The second kappa shape index (κ2) is 2.01. The fraction of sp³-hybridized carbons (Fsp3) is 0. The molecule has 0 aliphatic carbocycles. The van der Waals surface area contributed by atoms with Gasteiger partial charge in [-0.2, -0.15) is 0 Å². The Bertz CT molecular complexity index is 54.4. The molecule has 1 atom stereocenters. The first kappa shape index (κ1) is 4.74. The number of thiol groups is 1. The molecule has 0 saturated heterocycles. The second-order valence-corrected chi connectivity index (χ2v) is 4.64. The first-order valence-electron chi connectivity index (χ1n) is 0.699. The Morgan fingerprint density at radius 3 is 2.00 bits per heavy atom. The zero-order valence-corrected chi connectivity index (χ0v) is 4.62. The van der Waals surface area contributed by atoms with E-state index in [1.165, 1.54) is 0 Å². The minimum Gasteiger partial charge on any atom is -0.114 e. The van der Waals surface area contributed by atoms with Crippen LogP contribution >= 0.6 is 17.8 Å². The second-order valence-electron chi connectivity index (χ2n) is 0.352. The average Bonchev–Trinajstić information content (AvgIpc) is 0.811. The molecular formula is CH3PS2. The molecule has 0 N–H and O–H groups in total. The Morgan fingerprint density at radius 1 is 2.00 bits per heavy atom. The van der Waals surface area contributed by atoms with Gasteiger partial charge in [-0.25, -0.2) is 0 Å². The number of hydrogen-bond acceptors (Lipinski definition) is 1. The molecule has 0 amide bonds. The first-order valence-corrected chi connectivity index (χ1v) is 4.39. The summed E-state index contributed by atoms with van der Waals surface area (Å²) in [5, 5.41) is 0. The van der Waals surface area contributed by atoms with Gasteiger partial charge in [0, 0.05) is 0 Å². The van der Waals surface area contributed by atoms with Crippen LogP contribution in [0.2, 0.25) is 0 Å². The van der Waals surface area contributed by atoms with Crippen LogP contribution in [0.15, 0.2) is 0 Å². The highest BCUT2D eigenvalue weighted by Gasteiger charge is 1.37. The fourth-order valence-electron chi connectivity index (χ4n) is 0. The molecule has 0 aromatic carbocycles. The van der Waals surface area contributed by atoms with Gasteiger partial charge in [0.25, 0.3) is 0 Å². The minimum absolute atomic E-state index is 0.593. The topological polar surface area (TPSA) is 0 Å². The maximum atomic E-state index is 4.44. The highest BCUT2D eigenvalue weighted by molar-refractivity contribution is 8.54. The SMILES string of the molecule is C=P(=S)S. The summed E-state index contributed by atoms with van der Waals surface area (Å²) in [6.45, 7) is 0. The van der Waals surface area contributed by atoms with E-state index in [1.807, 2.05) is 0 Å². The average molecular weight is 110 g/mol. The minimum atomic E-state index is -0.593. The predicted octanol–water partition coefficient (Wildman–Crippen LogP) is 1.21. The lowest BCUT2D eigenvalue weighted by atomic mass is 12.0. The maximum Gasteiger partial charge on any atom is -0.00830 e. The van der Waals surface area contributed by atoms with Crippen molar-refractivity contribution < 1.29 is 0 Å². The van der Waals surface area contributed by atoms with Crippen LogP contribution in [0.4, 0.5) is 0 Å². The van der Waals surface area contributed by atoms with E-state index >= 15 is 0 Å². The number of rotatable bonds is 0. The van der Waals surface area contributed by atoms with Crippen molar-refractivity contribution in [2.45, 2.75) is 0 Å². The molecule has 3 heteroatoms. The van der Waals surface area contributed by atoms with E-state index in [4.69, 9.17) is 0 Å². The molecule has 0 aromatic rings. The zero-order chi connectivity index (χ0) is 3.58. The Hall–Kier alpha value is 0.740. The van der Waals surface area contributed by atoms with Gasteiger partial charge in [-0.3, -0.25) is 0 Å². The lowest BCUT2D eigenvalue weighted by molar-refractivity contribution is 4.71. The van der Waals surface area contributed by atoms with Crippen LogP contribution in [0, 0.1) is 0 Å². The third kappa shape index (κ3) is 15.1. The van der Waals surface area contributed by atoms with Gasteiger partial charge in [0.05, 0.1) is 0 Å². The summed E-state index contributed by atoms with van der Waals surface area (Å²) in [6, 6.07) is 0. The van der Waals surface area contributed by atoms with Crippen LogP contribution in [0.1, 0.15) is 0 Å². The molecule has 0 nitrogen and oxygen atoms in total. The Kier molecular flexibility index (Phi) is 2.38. The standard InChI is InChI=1S/CH3PS2/c1-2(3)4/h1H2,(H,3,4). The Balaban J connectivity index is 3.51. The molecule has 0 aromatic heterocycles. The number of hydrogen-bond donors (Lipinski definition) is 1. The first-order chi connectivity index (χ1) is 1.73. The lowest BCUT2D eigenvalue weighted by Gasteiger charge is -1.46. The third-order valence-electron chi connectivity index (χ3n) is 0. The van der Waals surface area contributed by atoms with Gasteiger partial charge < -0.3 is 0 Å². The maximum absolute atomic E-state index is 4.44. The Morgan fingerprint density at radius 2 is 2.00 bits per heavy atom. The highest BCUT2D eigenvalue weighted by atomic mass is 32.9. The van der Waals surface area contributed by atoms with Crippen molar-refractivity contribution in [2.75, 3.05) is 0 Å². The monoisotopic (exact) mass is 110 g/mol. The molecule has 0 fully saturated rings. The van der Waals surface area contributed by atoms with E-state index in [1.54, 1.807) is 0 Å². The largest absolute Gasteiger partial charge is 0.114 e. The van der Waals surface area contributed by atoms with Crippen LogP contribution in [0.25, 0.3) is 0 Å². The summed E-state index contributed by atoms with van der Waals surface area (Å²) in [5.74, 6) is 0. The van der Waals surface area contributed by atoms with Gasteiger partial charge in [-0.15, -0.1) is 12.2 Å². The predicted molar refractivity (Wildman–Crippen MR) is 30.4 cm³/mol. The molecule has 4 heavy (non-hydrogen) atoms. The van der Waals surface area contributed by atoms with Gasteiger partial charge >= 0.3 is 0 Å². The van der Waals surface area contributed by atoms with Gasteiger partial charge in [0.2, 0.25) is 0 Å². The van der Waals surface area contributed by atoms with E-state index in [2.05, 4.69) is 30.4 Å². The summed E-state index contributed by atoms with van der Waals surface area (Å²) in [6.07, 6.45) is 3.38. The van der Waals surface area contributed by atoms with Crippen molar-refractivity contribution in [3.8, 4) is 0 Å². The summed E-state index contributed by atoms with van der Waals surface area (Å²) in [7, 11) is 0. The molecule has 0 spiro atoms. The Labute approximate surface area is 36.4 Å². The van der Waals surface area contributed by atoms with Crippen LogP contribution in [-0.2, 0) is 11.8 Å². The summed E-state index contributed by atoms with van der Waals surface area (Å²) >= 11 is 8.17. The summed E-state index contributed by atoms with van der Waals surface area (Å²) < 4.78 is 0. The molecular weight excluding hydrogens is 107 g/mol. The van der Waals surface area contributed by atoms with Gasteiger partial charge in [0.15, 0.2) is 0 Å². The van der Waals surface area contributed by atoms with Crippen molar-refractivity contribution in [1.82, 2.24) is 0 Å². The van der Waals surface area contributed by atoms with Crippen molar-refractivity contribution in [2.24, 2.45) is 0 Å².